The van der Waals surface area contributed by atoms with E-state index in [1.807, 2.05) is 18.2 Å². The Morgan fingerprint density at radius 3 is 2.70 bits per heavy atom. The van der Waals surface area contributed by atoms with E-state index < -0.39 is 6.10 Å². The van der Waals surface area contributed by atoms with Gasteiger partial charge in [-0.15, -0.1) is 0 Å². The molecule has 2 aromatic rings. The fraction of sp³-hybridized carbons (Fsp3) is 0.478. The first kappa shape index (κ1) is 21.4. The van der Waals surface area contributed by atoms with Crippen molar-refractivity contribution in [2.45, 2.75) is 44.2 Å². The zero-order chi connectivity index (χ0) is 21.1. The number of likely N-dealkylation sites (tertiary alicyclic amines) is 1. The summed E-state index contributed by atoms with van der Waals surface area (Å²) < 4.78 is 31.1. The summed E-state index contributed by atoms with van der Waals surface area (Å²) >= 11 is 6.11. The molecule has 1 N–H and O–H groups in total. The molecule has 162 valence electrons. The van der Waals surface area contributed by atoms with Gasteiger partial charge in [-0.3, -0.25) is 0 Å². The molecular formula is C23H27ClFNO4. The van der Waals surface area contributed by atoms with Crippen molar-refractivity contribution < 1.29 is 23.7 Å². The molecular weight excluding hydrogens is 409 g/mol. The van der Waals surface area contributed by atoms with Crippen molar-refractivity contribution in [3.8, 4) is 11.5 Å². The Morgan fingerprint density at radius 2 is 1.97 bits per heavy atom. The van der Waals surface area contributed by atoms with Gasteiger partial charge in [0.15, 0.2) is 0 Å². The second-order valence-electron chi connectivity index (χ2n) is 8.08. The molecule has 5 nitrogen and oxygen atoms in total. The Labute approximate surface area is 181 Å². The number of hydrogen-bond donors (Lipinski definition) is 1. The molecule has 2 heterocycles. The highest BCUT2D eigenvalue weighted by molar-refractivity contribution is 6.30. The smallest absolute Gasteiger partial charge is 0.125 e. The summed E-state index contributed by atoms with van der Waals surface area (Å²) in [5, 5.41) is 11.0. The predicted octanol–water partition coefficient (Wildman–Crippen LogP) is 4.05. The third-order valence-corrected chi connectivity index (χ3v) is 6.24. The monoisotopic (exact) mass is 435 g/mol. The quantitative estimate of drug-likeness (QED) is 0.767. The second-order valence-corrected chi connectivity index (χ2v) is 8.52. The molecule has 0 aliphatic carbocycles. The molecule has 2 unspecified atom stereocenters. The minimum Gasteiger partial charge on any atom is -0.491 e. The zero-order valence-electron chi connectivity index (χ0n) is 17.0. The van der Waals surface area contributed by atoms with Crippen molar-refractivity contribution in [2.75, 3.05) is 26.2 Å². The van der Waals surface area contributed by atoms with E-state index in [-0.39, 0.29) is 24.1 Å². The molecule has 2 aromatic carbocycles. The third kappa shape index (κ3) is 4.89. The molecule has 0 bridgehead atoms. The summed E-state index contributed by atoms with van der Waals surface area (Å²) in [6, 6.07) is 11.4. The largest absolute Gasteiger partial charge is 0.491 e. The van der Waals surface area contributed by atoms with Crippen LogP contribution >= 0.6 is 11.6 Å². The normalized spacial score (nSPS) is 22.1. The number of aliphatic hydroxyl groups is 1. The van der Waals surface area contributed by atoms with E-state index in [1.54, 1.807) is 12.1 Å². The number of β-amino-alcohol motifs (C(OH)–C–C–N with tert-alkyl or cyclic N) is 1. The maximum Gasteiger partial charge on any atom is 0.125 e. The molecule has 30 heavy (non-hydrogen) atoms. The summed E-state index contributed by atoms with van der Waals surface area (Å²) in [4.78, 5) is 2.22. The predicted molar refractivity (Wildman–Crippen MR) is 113 cm³/mol. The third-order valence-electron chi connectivity index (χ3n) is 6.01. The first-order valence-electron chi connectivity index (χ1n) is 10.3. The summed E-state index contributed by atoms with van der Waals surface area (Å²) in [7, 11) is 0. The van der Waals surface area contributed by atoms with Gasteiger partial charge in [-0.25, -0.2) is 4.39 Å². The van der Waals surface area contributed by atoms with Crippen LogP contribution in [0.3, 0.4) is 0 Å². The van der Waals surface area contributed by atoms with Gasteiger partial charge in [0.05, 0.1) is 6.61 Å². The minimum absolute atomic E-state index is 0.0752. The van der Waals surface area contributed by atoms with E-state index in [0.717, 1.165) is 37.2 Å². The van der Waals surface area contributed by atoms with Crippen LogP contribution in [0.5, 0.6) is 11.5 Å². The van der Waals surface area contributed by atoms with Gasteiger partial charge in [-0.05, 0) is 62.2 Å². The zero-order valence-corrected chi connectivity index (χ0v) is 17.8. The van der Waals surface area contributed by atoms with Crippen LogP contribution in [-0.2, 0) is 11.3 Å². The van der Waals surface area contributed by atoms with Crippen molar-refractivity contribution in [2.24, 2.45) is 0 Å². The number of piperidine rings is 1. The highest BCUT2D eigenvalue weighted by atomic mass is 35.5. The van der Waals surface area contributed by atoms with E-state index in [1.165, 1.54) is 12.1 Å². The second kappa shape index (κ2) is 9.10. The van der Waals surface area contributed by atoms with Gasteiger partial charge in [-0.2, -0.15) is 0 Å². The lowest BCUT2D eigenvalue weighted by Gasteiger charge is -2.44. The molecule has 1 saturated heterocycles. The molecule has 2 aliphatic heterocycles. The highest BCUT2D eigenvalue weighted by Crippen LogP contribution is 2.38. The van der Waals surface area contributed by atoms with Gasteiger partial charge < -0.3 is 24.2 Å². The fourth-order valence-electron chi connectivity index (χ4n) is 4.15. The number of ether oxygens (including phenoxy) is 3. The first-order valence-corrected chi connectivity index (χ1v) is 10.7. The average Bonchev–Trinajstić information content (AvgIpc) is 2.86. The van der Waals surface area contributed by atoms with Gasteiger partial charge in [0.2, 0.25) is 0 Å². The van der Waals surface area contributed by atoms with Crippen LogP contribution in [0.4, 0.5) is 4.39 Å². The average molecular weight is 436 g/mol. The van der Waals surface area contributed by atoms with Crippen LogP contribution in [0.2, 0.25) is 5.02 Å². The van der Waals surface area contributed by atoms with Crippen molar-refractivity contribution in [3.63, 3.8) is 0 Å². The Hall–Kier alpha value is -1.86. The van der Waals surface area contributed by atoms with Crippen molar-refractivity contribution in [1.82, 2.24) is 4.90 Å². The molecule has 2 atom stereocenters. The Kier molecular flexibility index (Phi) is 6.48. The fourth-order valence-corrected chi connectivity index (χ4v) is 4.35. The lowest BCUT2D eigenvalue weighted by atomic mass is 9.86. The lowest BCUT2D eigenvalue weighted by Crippen LogP contribution is -2.54. The number of nitrogens with zero attached hydrogens (tertiary/aromatic N) is 1. The van der Waals surface area contributed by atoms with E-state index in [0.29, 0.717) is 23.9 Å². The van der Waals surface area contributed by atoms with Crippen LogP contribution < -0.4 is 9.47 Å². The lowest BCUT2D eigenvalue weighted by molar-refractivity contribution is -0.138. The standard InChI is InChI=1S/C23H27ClFNO4/c1-16-23(29-14-17-12-18(24)2-7-22(17)30-16)8-10-26(11-9-23)13-20(27)15-28-21-5-3-19(25)4-6-21/h2-7,12,16,20,27H,8-11,13-15H2,1H3. The maximum atomic E-state index is 13.0. The molecule has 0 amide bonds. The van der Waals surface area contributed by atoms with Crippen LogP contribution in [0.15, 0.2) is 42.5 Å². The summed E-state index contributed by atoms with van der Waals surface area (Å²) in [5.74, 6) is 1.07. The summed E-state index contributed by atoms with van der Waals surface area (Å²) in [6.07, 6.45) is 0.941. The molecule has 7 heteroatoms. The molecule has 0 radical (unpaired) electrons. The molecule has 2 aliphatic rings. The van der Waals surface area contributed by atoms with Crippen LogP contribution in [0, 0.1) is 5.82 Å². The first-order chi connectivity index (χ1) is 14.4. The molecule has 1 spiro atoms. The molecule has 4 rings (SSSR count). The van der Waals surface area contributed by atoms with Gasteiger partial charge in [0.25, 0.3) is 0 Å². The van der Waals surface area contributed by atoms with Crippen molar-refractivity contribution in [1.29, 1.82) is 0 Å². The number of rotatable bonds is 5. The van der Waals surface area contributed by atoms with Crippen LogP contribution in [0.25, 0.3) is 0 Å². The Balaban J connectivity index is 1.28. The van der Waals surface area contributed by atoms with Gasteiger partial charge >= 0.3 is 0 Å². The number of fused-ring (bicyclic) bond motifs is 1. The van der Waals surface area contributed by atoms with Gasteiger partial charge in [0, 0.05) is 30.2 Å². The Morgan fingerprint density at radius 1 is 1.23 bits per heavy atom. The molecule has 0 aromatic heterocycles. The number of halogens is 2. The number of benzene rings is 2. The topological polar surface area (TPSA) is 51.2 Å². The van der Waals surface area contributed by atoms with Crippen LogP contribution in [-0.4, -0.2) is 54.1 Å². The van der Waals surface area contributed by atoms with Gasteiger partial charge in [0.1, 0.15) is 41.7 Å². The summed E-state index contributed by atoms with van der Waals surface area (Å²) in [6.45, 7) is 4.83. The molecule has 1 fully saturated rings. The number of aliphatic hydroxyl groups excluding tert-OH is 1. The SMILES string of the molecule is CC1Oc2ccc(Cl)cc2COC12CCN(CC(O)COc1ccc(F)cc1)CC2. The highest BCUT2D eigenvalue weighted by Gasteiger charge is 2.44. The van der Waals surface area contributed by atoms with Crippen LogP contribution in [0.1, 0.15) is 25.3 Å². The van der Waals surface area contributed by atoms with Crippen molar-refractivity contribution in [3.05, 3.63) is 58.9 Å². The van der Waals surface area contributed by atoms with E-state index in [4.69, 9.17) is 25.8 Å². The number of hydrogen-bond acceptors (Lipinski definition) is 5. The van der Waals surface area contributed by atoms with E-state index in [2.05, 4.69) is 11.8 Å². The summed E-state index contributed by atoms with van der Waals surface area (Å²) in [5.41, 5.74) is 0.624. The maximum absolute atomic E-state index is 13.0. The molecule has 0 saturated carbocycles. The minimum atomic E-state index is -0.626. The van der Waals surface area contributed by atoms with E-state index >= 15 is 0 Å². The Bertz CT molecular complexity index is 855. The van der Waals surface area contributed by atoms with E-state index in [9.17, 15) is 9.50 Å². The van der Waals surface area contributed by atoms with Crippen molar-refractivity contribution >= 4 is 11.6 Å². The van der Waals surface area contributed by atoms with Gasteiger partial charge in [-0.1, -0.05) is 11.6 Å².